The molecule has 60 valence electrons. The third-order valence-electron chi connectivity index (χ3n) is 1.50. The van der Waals surface area contributed by atoms with Crippen LogP contribution in [0.3, 0.4) is 0 Å². The second-order valence-corrected chi connectivity index (χ2v) is 2.59. The summed E-state index contributed by atoms with van der Waals surface area (Å²) in [7, 11) is 0. The fourth-order valence-electron chi connectivity index (χ4n) is 0.775. The minimum atomic E-state index is -0.541. The van der Waals surface area contributed by atoms with Gasteiger partial charge in [-0.15, -0.1) is 11.6 Å². The van der Waals surface area contributed by atoms with Gasteiger partial charge in [0, 0.05) is 11.4 Å². The van der Waals surface area contributed by atoms with Crippen LogP contribution in [0.5, 0.6) is 0 Å². The molecule has 0 aliphatic rings. The molecule has 0 saturated carbocycles. The van der Waals surface area contributed by atoms with E-state index in [-0.39, 0.29) is 11.4 Å². The standard InChI is InChI=1S/C8H7ClF2/c1-5-7(10)2-6(4-9)3-8(5)11/h2-3H,4H2,1H3. The van der Waals surface area contributed by atoms with Crippen molar-refractivity contribution in [1.29, 1.82) is 0 Å². The van der Waals surface area contributed by atoms with Gasteiger partial charge in [0.15, 0.2) is 0 Å². The Bertz CT molecular complexity index is 248. The van der Waals surface area contributed by atoms with Crippen LogP contribution in [0.2, 0.25) is 0 Å². The Morgan fingerprint density at radius 2 is 1.73 bits per heavy atom. The van der Waals surface area contributed by atoms with E-state index in [1.807, 2.05) is 0 Å². The number of hydrogen-bond acceptors (Lipinski definition) is 0. The van der Waals surface area contributed by atoms with E-state index in [1.165, 1.54) is 19.1 Å². The van der Waals surface area contributed by atoms with Gasteiger partial charge in [0.2, 0.25) is 0 Å². The average Bonchev–Trinajstić information content (AvgIpc) is 1.99. The number of rotatable bonds is 1. The Kier molecular flexibility index (Phi) is 2.45. The fourth-order valence-corrected chi connectivity index (χ4v) is 0.929. The molecule has 3 heteroatoms. The minimum Gasteiger partial charge on any atom is -0.207 e. The van der Waals surface area contributed by atoms with Crippen molar-refractivity contribution in [3.8, 4) is 0 Å². The maximum absolute atomic E-state index is 12.7. The second kappa shape index (κ2) is 3.18. The lowest BCUT2D eigenvalue weighted by molar-refractivity contribution is 0.566. The Balaban J connectivity index is 3.21. The summed E-state index contributed by atoms with van der Waals surface area (Å²) in [5, 5.41) is 0. The fraction of sp³-hybridized carbons (Fsp3) is 0.250. The van der Waals surface area contributed by atoms with Crippen molar-refractivity contribution in [2.24, 2.45) is 0 Å². The molecule has 0 nitrogen and oxygen atoms in total. The van der Waals surface area contributed by atoms with E-state index in [2.05, 4.69) is 0 Å². The van der Waals surface area contributed by atoms with Gasteiger partial charge in [0.1, 0.15) is 11.6 Å². The van der Waals surface area contributed by atoms with Gasteiger partial charge in [-0.05, 0) is 24.6 Å². The zero-order valence-electron chi connectivity index (χ0n) is 6.00. The molecule has 0 radical (unpaired) electrons. The van der Waals surface area contributed by atoms with E-state index in [9.17, 15) is 8.78 Å². The van der Waals surface area contributed by atoms with E-state index in [0.717, 1.165) is 0 Å². The predicted octanol–water partition coefficient (Wildman–Crippen LogP) is 3.01. The summed E-state index contributed by atoms with van der Waals surface area (Å²) in [5.41, 5.74) is 0.506. The molecule has 0 aliphatic heterocycles. The summed E-state index contributed by atoms with van der Waals surface area (Å²) in [6.07, 6.45) is 0. The first kappa shape index (κ1) is 8.47. The summed E-state index contributed by atoms with van der Waals surface area (Å²) in [6, 6.07) is 2.48. The Morgan fingerprint density at radius 3 is 2.09 bits per heavy atom. The molecule has 0 atom stereocenters. The maximum Gasteiger partial charge on any atom is 0.129 e. The first-order valence-corrected chi connectivity index (χ1v) is 3.69. The van der Waals surface area contributed by atoms with Crippen LogP contribution in [-0.4, -0.2) is 0 Å². The van der Waals surface area contributed by atoms with Crippen molar-refractivity contribution in [2.45, 2.75) is 12.8 Å². The van der Waals surface area contributed by atoms with E-state index < -0.39 is 11.6 Å². The van der Waals surface area contributed by atoms with Gasteiger partial charge >= 0.3 is 0 Å². The van der Waals surface area contributed by atoms with E-state index in [1.54, 1.807) is 0 Å². The van der Waals surface area contributed by atoms with Crippen LogP contribution in [0.25, 0.3) is 0 Å². The van der Waals surface area contributed by atoms with Gasteiger partial charge in [-0.2, -0.15) is 0 Å². The van der Waals surface area contributed by atoms with Gasteiger partial charge in [-0.25, -0.2) is 8.78 Å². The summed E-state index contributed by atoms with van der Waals surface area (Å²) in [6.45, 7) is 1.39. The summed E-state index contributed by atoms with van der Waals surface area (Å²) in [4.78, 5) is 0. The molecule has 1 aromatic rings. The first-order chi connectivity index (χ1) is 5.15. The average molecular weight is 177 g/mol. The van der Waals surface area contributed by atoms with Crippen LogP contribution in [0.1, 0.15) is 11.1 Å². The highest BCUT2D eigenvalue weighted by Gasteiger charge is 2.05. The molecular weight excluding hydrogens is 170 g/mol. The maximum atomic E-state index is 12.7. The molecule has 0 saturated heterocycles. The molecule has 0 amide bonds. The lowest BCUT2D eigenvalue weighted by Gasteiger charge is -2.00. The van der Waals surface area contributed by atoms with E-state index in [0.29, 0.717) is 5.56 Å². The zero-order valence-corrected chi connectivity index (χ0v) is 6.75. The SMILES string of the molecule is Cc1c(F)cc(CCl)cc1F. The summed E-state index contributed by atoms with van der Waals surface area (Å²) < 4.78 is 25.5. The molecule has 1 aromatic carbocycles. The molecule has 0 aliphatic carbocycles. The lowest BCUT2D eigenvalue weighted by atomic mass is 10.1. The van der Waals surface area contributed by atoms with Crippen LogP contribution in [-0.2, 0) is 5.88 Å². The summed E-state index contributed by atoms with van der Waals surface area (Å²) in [5.74, 6) is -0.949. The number of alkyl halides is 1. The van der Waals surface area contributed by atoms with E-state index >= 15 is 0 Å². The zero-order chi connectivity index (χ0) is 8.43. The Morgan fingerprint density at radius 1 is 1.27 bits per heavy atom. The van der Waals surface area contributed by atoms with Crippen molar-refractivity contribution in [3.63, 3.8) is 0 Å². The topological polar surface area (TPSA) is 0 Å². The molecule has 0 aromatic heterocycles. The van der Waals surface area contributed by atoms with Crippen LogP contribution in [0.15, 0.2) is 12.1 Å². The van der Waals surface area contributed by atoms with Crippen molar-refractivity contribution in [2.75, 3.05) is 0 Å². The molecule has 0 heterocycles. The van der Waals surface area contributed by atoms with Gasteiger partial charge in [-0.1, -0.05) is 0 Å². The smallest absolute Gasteiger partial charge is 0.129 e. The summed E-state index contributed by atoms with van der Waals surface area (Å²) >= 11 is 5.39. The number of halogens is 3. The van der Waals surface area contributed by atoms with Crippen LogP contribution < -0.4 is 0 Å². The van der Waals surface area contributed by atoms with Crippen molar-refractivity contribution in [1.82, 2.24) is 0 Å². The van der Waals surface area contributed by atoms with Crippen molar-refractivity contribution < 1.29 is 8.78 Å². The highest BCUT2D eigenvalue weighted by atomic mass is 35.5. The van der Waals surface area contributed by atoms with Crippen LogP contribution in [0, 0.1) is 18.6 Å². The molecule has 1 rings (SSSR count). The number of hydrogen-bond donors (Lipinski definition) is 0. The molecular formula is C8H7ClF2. The monoisotopic (exact) mass is 176 g/mol. The van der Waals surface area contributed by atoms with E-state index in [4.69, 9.17) is 11.6 Å². The molecule has 0 unspecified atom stereocenters. The predicted molar refractivity (Wildman–Crippen MR) is 40.7 cm³/mol. The van der Waals surface area contributed by atoms with Crippen molar-refractivity contribution in [3.05, 3.63) is 34.9 Å². The van der Waals surface area contributed by atoms with Gasteiger partial charge in [0.05, 0.1) is 0 Å². The highest BCUT2D eigenvalue weighted by molar-refractivity contribution is 6.17. The minimum absolute atomic E-state index is 0.0406. The third kappa shape index (κ3) is 1.69. The van der Waals surface area contributed by atoms with Crippen LogP contribution >= 0.6 is 11.6 Å². The van der Waals surface area contributed by atoms with Crippen molar-refractivity contribution >= 4 is 11.6 Å². The lowest BCUT2D eigenvalue weighted by Crippen LogP contribution is -1.91. The normalized spacial score (nSPS) is 10.2. The molecule has 0 bridgehead atoms. The molecule has 11 heavy (non-hydrogen) atoms. The third-order valence-corrected chi connectivity index (χ3v) is 1.80. The second-order valence-electron chi connectivity index (χ2n) is 2.32. The largest absolute Gasteiger partial charge is 0.207 e. The number of benzene rings is 1. The Labute approximate surface area is 68.8 Å². The van der Waals surface area contributed by atoms with Crippen LogP contribution in [0.4, 0.5) is 8.78 Å². The molecule has 0 spiro atoms. The first-order valence-electron chi connectivity index (χ1n) is 3.15. The molecule has 0 fully saturated rings. The van der Waals surface area contributed by atoms with Gasteiger partial charge < -0.3 is 0 Å². The highest BCUT2D eigenvalue weighted by Crippen LogP contribution is 2.15. The van der Waals surface area contributed by atoms with Gasteiger partial charge in [0.25, 0.3) is 0 Å². The Hall–Kier alpha value is -0.630. The quantitative estimate of drug-likeness (QED) is 0.577. The van der Waals surface area contributed by atoms with Gasteiger partial charge in [-0.3, -0.25) is 0 Å². The molecule has 0 N–H and O–H groups in total.